The van der Waals surface area contributed by atoms with Crippen molar-refractivity contribution in [1.82, 2.24) is 0 Å². The summed E-state index contributed by atoms with van der Waals surface area (Å²) in [6, 6.07) is 11.5. The van der Waals surface area contributed by atoms with E-state index in [1.165, 1.54) is 6.07 Å². The number of hydrogen-bond donors (Lipinski definition) is 1. The number of nitrogens with one attached hydrogen (secondary N) is 1. The van der Waals surface area contributed by atoms with Gasteiger partial charge in [0.15, 0.2) is 0 Å². The predicted molar refractivity (Wildman–Crippen MR) is 77.9 cm³/mol. The van der Waals surface area contributed by atoms with Crippen molar-refractivity contribution in [2.75, 3.05) is 5.32 Å². The fraction of sp³-hybridized carbons (Fsp3) is 0.0714. The zero-order valence-corrected chi connectivity index (χ0v) is 12.1. The number of halogens is 3. The number of amides is 1. The van der Waals surface area contributed by atoms with Crippen LogP contribution in [0.15, 0.2) is 46.9 Å². The van der Waals surface area contributed by atoms with E-state index in [2.05, 4.69) is 21.2 Å². The van der Waals surface area contributed by atoms with Crippen molar-refractivity contribution in [1.29, 1.82) is 0 Å². The molecule has 0 unspecified atom stereocenters. The van der Waals surface area contributed by atoms with Crippen LogP contribution in [0.2, 0.25) is 5.02 Å². The van der Waals surface area contributed by atoms with Crippen LogP contribution in [-0.4, -0.2) is 5.91 Å². The van der Waals surface area contributed by atoms with E-state index in [1.807, 2.05) is 6.07 Å². The lowest BCUT2D eigenvalue weighted by Gasteiger charge is -2.07. The third-order valence-electron chi connectivity index (χ3n) is 2.51. The van der Waals surface area contributed by atoms with Crippen LogP contribution in [0.3, 0.4) is 0 Å². The van der Waals surface area contributed by atoms with Crippen LogP contribution >= 0.6 is 27.5 Å². The van der Waals surface area contributed by atoms with Crippen molar-refractivity contribution < 1.29 is 9.18 Å². The number of hydrogen-bond acceptors (Lipinski definition) is 1. The first-order valence-corrected chi connectivity index (χ1v) is 6.71. The molecule has 0 fully saturated rings. The highest BCUT2D eigenvalue weighted by Gasteiger charge is 2.08. The highest BCUT2D eigenvalue weighted by molar-refractivity contribution is 9.10. The molecule has 0 heterocycles. The first kappa shape index (κ1) is 14.0. The lowest BCUT2D eigenvalue weighted by Crippen LogP contribution is -2.14. The van der Waals surface area contributed by atoms with Gasteiger partial charge >= 0.3 is 0 Å². The highest BCUT2D eigenvalue weighted by Crippen LogP contribution is 2.20. The van der Waals surface area contributed by atoms with E-state index >= 15 is 0 Å². The van der Waals surface area contributed by atoms with Gasteiger partial charge in [-0.05, 0) is 45.8 Å². The smallest absolute Gasteiger partial charge is 0.228 e. The number of carbonyl (C=O) groups excluding carboxylic acids is 1. The second kappa shape index (κ2) is 6.17. The molecule has 2 aromatic carbocycles. The summed E-state index contributed by atoms with van der Waals surface area (Å²) in [4.78, 5) is 11.8. The minimum atomic E-state index is -0.421. The fourth-order valence-electron chi connectivity index (χ4n) is 1.59. The van der Waals surface area contributed by atoms with Gasteiger partial charge in [0.05, 0.1) is 10.9 Å². The summed E-state index contributed by atoms with van der Waals surface area (Å²) in [6.45, 7) is 0. The Labute approximate surface area is 123 Å². The molecular formula is C14H10BrClFNO. The zero-order chi connectivity index (χ0) is 13.8. The Morgan fingerprint density at radius 2 is 2.00 bits per heavy atom. The molecule has 0 radical (unpaired) electrons. The van der Waals surface area contributed by atoms with Gasteiger partial charge in [-0.15, -0.1) is 0 Å². The van der Waals surface area contributed by atoms with Gasteiger partial charge in [0, 0.05) is 10.7 Å². The van der Waals surface area contributed by atoms with Crippen molar-refractivity contribution in [2.45, 2.75) is 6.42 Å². The number of rotatable bonds is 3. The fourth-order valence-corrected chi connectivity index (χ4v) is 2.04. The average molecular weight is 343 g/mol. The molecule has 0 aliphatic rings. The Morgan fingerprint density at radius 3 is 2.68 bits per heavy atom. The molecule has 0 aliphatic heterocycles. The van der Waals surface area contributed by atoms with E-state index in [0.717, 1.165) is 5.56 Å². The first-order chi connectivity index (χ1) is 9.06. The van der Waals surface area contributed by atoms with Gasteiger partial charge in [-0.2, -0.15) is 0 Å². The highest BCUT2D eigenvalue weighted by atomic mass is 79.9. The maximum atomic E-state index is 13.3. The molecule has 0 bridgehead atoms. The molecule has 5 heteroatoms. The van der Waals surface area contributed by atoms with Crippen LogP contribution in [0.5, 0.6) is 0 Å². The van der Waals surface area contributed by atoms with Gasteiger partial charge in [-0.3, -0.25) is 4.79 Å². The molecule has 19 heavy (non-hydrogen) atoms. The van der Waals surface area contributed by atoms with E-state index in [1.54, 1.807) is 30.3 Å². The minimum absolute atomic E-state index is 0.150. The molecule has 0 saturated carbocycles. The summed E-state index contributed by atoms with van der Waals surface area (Å²) >= 11 is 9.02. The summed E-state index contributed by atoms with van der Waals surface area (Å²) in [5.41, 5.74) is 1.15. The maximum Gasteiger partial charge on any atom is 0.228 e. The Kier molecular flexibility index (Phi) is 4.56. The third-order valence-corrected chi connectivity index (χ3v) is 3.52. The van der Waals surface area contributed by atoms with Crippen molar-refractivity contribution in [3.05, 3.63) is 63.3 Å². The zero-order valence-electron chi connectivity index (χ0n) is 9.79. The van der Waals surface area contributed by atoms with Crippen LogP contribution in [-0.2, 0) is 11.2 Å². The molecule has 2 aromatic rings. The van der Waals surface area contributed by atoms with E-state index in [0.29, 0.717) is 15.2 Å². The first-order valence-electron chi connectivity index (χ1n) is 5.54. The molecule has 0 saturated heterocycles. The van der Waals surface area contributed by atoms with E-state index in [9.17, 15) is 9.18 Å². The van der Waals surface area contributed by atoms with E-state index in [-0.39, 0.29) is 12.3 Å². The lowest BCUT2D eigenvalue weighted by atomic mass is 10.1. The molecule has 0 aromatic heterocycles. The largest absolute Gasteiger partial charge is 0.326 e. The predicted octanol–water partition coefficient (Wildman–Crippen LogP) is 4.42. The van der Waals surface area contributed by atoms with Gasteiger partial charge in [0.1, 0.15) is 5.82 Å². The summed E-state index contributed by atoms with van der Waals surface area (Å²) in [5.74, 6) is -0.662. The Morgan fingerprint density at radius 1 is 1.26 bits per heavy atom. The summed E-state index contributed by atoms with van der Waals surface area (Å²) in [6.07, 6.45) is 0.150. The van der Waals surface area contributed by atoms with Gasteiger partial charge in [0.2, 0.25) is 5.91 Å². The summed E-state index contributed by atoms with van der Waals surface area (Å²) < 4.78 is 13.7. The normalized spacial score (nSPS) is 10.3. The number of benzene rings is 2. The standard InChI is InChI=1S/C14H10BrClFNO/c15-11-6-5-10(8-13(11)17)18-14(19)7-9-3-1-2-4-12(9)16/h1-6,8H,7H2,(H,18,19). The van der Waals surface area contributed by atoms with Crippen LogP contribution < -0.4 is 5.32 Å². The number of carbonyl (C=O) groups is 1. The Bertz CT molecular complexity index is 618. The summed E-state index contributed by atoms with van der Waals surface area (Å²) in [7, 11) is 0. The van der Waals surface area contributed by atoms with Crippen molar-refractivity contribution >= 4 is 39.1 Å². The van der Waals surface area contributed by atoms with E-state index < -0.39 is 5.82 Å². The minimum Gasteiger partial charge on any atom is -0.326 e. The van der Waals surface area contributed by atoms with Crippen LogP contribution in [0.1, 0.15) is 5.56 Å². The van der Waals surface area contributed by atoms with Crippen LogP contribution in [0.25, 0.3) is 0 Å². The molecule has 1 N–H and O–H groups in total. The van der Waals surface area contributed by atoms with Crippen molar-refractivity contribution in [3.63, 3.8) is 0 Å². The van der Waals surface area contributed by atoms with Crippen molar-refractivity contribution in [3.8, 4) is 0 Å². The van der Waals surface area contributed by atoms with Gasteiger partial charge in [-0.25, -0.2) is 4.39 Å². The van der Waals surface area contributed by atoms with Gasteiger partial charge < -0.3 is 5.32 Å². The maximum absolute atomic E-state index is 13.3. The third kappa shape index (κ3) is 3.78. The Balaban J connectivity index is 2.05. The molecular weight excluding hydrogens is 333 g/mol. The van der Waals surface area contributed by atoms with E-state index in [4.69, 9.17) is 11.6 Å². The van der Waals surface area contributed by atoms with Gasteiger partial charge in [0.25, 0.3) is 0 Å². The second-order valence-electron chi connectivity index (χ2n) is 3.95. The van der Waals surface area contributed by atoms with Gasteiger partial charge in [-0.1, -0.05) is 29.8 Å². The molecule has 0 atom stereocenters. The second-order valence-corrected chi connectivity index (χ2v) is 5.21. The average Bonchev–Trinajstić information content (AvgIpc) is 2.37. The van der Waals surface area contributed by atoms with Crippen LogP contribution in [0, 0.1) is 5.82 Å². The van der Waals surface area contributed by atoms with Crippen LogP contribution in [0.4, 0.5) is 10.1 Å². The quantitative estimate of drug-likeness (QED) is 0.879. The summed E-state index contributed by atoms with van der Waals surface area (Å²) in [5, 5.41) is 3.17. The number of anilines is 1. The molecule has 1 amide bonds. The molecule has 2 rings (SSSR count). The molecule has 0 aliphatic carbocycles. The topological polar surface area (TPSA) is 29.1 Å². The SMILES string of the molecule is O=C(Cc1ccccc1Cl)Nc1ccc(Br)c(F)c1. The monoisotopic (exact) mass is 341 g/mol. The lowest BCUT2D eigenvalue weighted by molar-refractivity contribution is -0.115. The molecule has 98 valence electrons. The van der Waals surface area contributed by atoms with Crippen molar-refractivity contribution in [2.24, 2.45) is 0 Å². The Hall–Kier alpha value is -1.39. The molecule has 2 nitrogen and oxygen atoms in total. The molecule has 0 spiro atoms.